The van der Waals surface area contributed by atoms with E-state index in [-0.39, 0.29) is 26.4 Å². The number of nitrogens with one attached hydrogen (secondary N) is 1. The van der Waals surface area contributed by atoms with Gasteiger partial charge in [-0.2, -0.15) is 0 Å². The number of hydrogen-bond acceptors (Lipinski definition) is 4. The molecule has 2 aromatic rings. The molecule has 0 saturated carbocycles. The molecule has 0 radical (unpaired) electrons. The van der Waals surface area contributed by atoms with E-state index >= 15 is 0 Å². The minimum absolute atomic E-state index is 0.0600. The number of nitrogen functional groups attached to an aromatic ring is 1. The molecule has 0 atom stereocenters. The van der Waals surface area contributed by atoms with Crippen LogP contribution >= 0.6 is 23.2 Å². The molecule has 0 fully saturated rings. The Hall–Kier alpha value is -1.63. The molecule has 5 nitrogen and oxygen atoms in total. The van der Waals surface area contributed by atoms with Crippen molar-refractivity contribution in [1.29, 1.82) is 0 Å². The van der Waals surface area contributed by atoms with Gasteiger partial charge in [-0.1, -0.05) is 29.3 Å². The van der Waals surface area contributed by atoms with E-state index < -0.39 is 10.0 Å². The first-order valence-corrected chi connectivity index (χ1v) is 7.99. The summed E-state index contributed by atoms with van der Waals surface area (Å²) in [7, 11) is -2.56. The summed E-state index contributed by atoms with van der Waals surface area (Å²) in [5.74, 6) is 0.130. The number of rotatable bonds is 4. The van der Waals surface area contributed by atoms with Gasteiger partial charge in [0, 0.05) is 11.8 Å². The molecule has 0 aliphatic heterocycles. The van der Waals surface area contributed by atoms with Gasteiger partial charge in [0.05, 0.1) is 22.8 Å². The average Bonchev–Trinajstić information content (AvgIpc) is 2.42. The first kappa shape index (κ1) is 15.8. The van der Waals surface area contributed by atoms with Crippen LogP contribution in [0, 0.1) is 0 Å². The molecular weight excluding hydrogens is 335 g/mol. The van der Waals surface area contributed by atoms with E-state index in [1.165, 1.54) is 37.4 Å². The van der Waals surface area contributed by atoms with Crippen molar-refractivity contribution >= 4 is 44.6 Å². The Morgan fingerprint density at radius 2 is 1.76 bits per heavy atom. The van der Waals surface area contributed by atoms with Crippen LogP contribution in [-0.4, -0.2) is 15.5 Å². The summed E-state index contributed by atoms with van der Waals surface area (Å²) in [5.41, 5.74) is 6.11. The highest BCUT2D eigenvalue weighted by Crippen LogP contribution is 2.34. The molecule has 0 amide bonds. The lowest BCUT2D eigenvalue weighted by Crippen LogP contribution is -2.15. The molecule has 0 spiro atoms. The SMILES string of the molecule is COc1cc(N)ccc1S(=O)(=O)Nc1c(Cl)cccc1Cl. The molecule has 8 heteroatoms. The lowest BCUT2D eigenvalue weighted by molar-refractivity contribution is 0.403. The number of halogens is 2. The Kier molecular flexibility index (Phi) is 4.51. The molecular formula is C13H12Cl2N2O3S. The number of sulfonamides is 1. The second-order valence-corrected chi connectivity index (χ2v) is 6.58. The number of anilines is 2. The standard InChI is InChI=1S/C13H12Cl2N2O3S/c1-20-11-7-8(16)5-6-12(11)21(18,19)17-13-9(14)3-2-4-10(13)15/h2-7,17H,16H2,1H3. The lowest BCUT2D eigenvalue weighted by atomic mass is 10.3. The highest BCUT2D eigenvalue weighted by Gasteiger charge is 2.22. The molecule has 112 valence electrons. The maximum absolute atomic E-state index is 12.4. The predicted octanol–water partition coefficient (Wildman–Crippen LogP) is 3.39. The normalized spacial score (nSPS) is 11.2. The van der Waals surface area contributed by atoms with Crippen molar-refractivity contribution in [3.63, 3.8) is 0 Å². The number of para-hydroxylation sites is 1. The van der Waals surface area contributed by atoms with Crippen LogP contribution in [0.4, 0.5) is 11.4 Å². The summed E-state index contributed by atoms with van der Waals surface area (Å²) in [6, 6.07) is 8.92. The van der Waals surface area contributed by atoms with Crippen molar-refractivity contribution < 1.29 is 13.2 Å². The third kappa shape index (κ3) is 3.34. The predicted molar refractivity (Wildman–Crippen MR) is 84.7 cm³/mol. The fourth-order valence-electron chi connectivity index (χ4n) is 1.69. The van der Waals surface area contributed by atoms with Gasteiger partial charge in [-0.3, -0.25) is 4.72 Å². The van der Waals surface area contributed by atoms with Crippen LogP contribution in [0.3, 0.4) is 0 Å². The summed E-state index contributed by atoms with van der Waals surface area (Å²) >= 11 is 11.9. The minimum atomic E-state index is -3.92. The van der Waals surface area contributed by atoms with E-state index in [4.69, 9.17) is 33.7 Å². The van der Waals surface area contributed by atoms with Gasteiger partial charge in [-0.15, -0.1) is 0 Å². The fourth-order valence-corrected chi connectivity index (χ4v) is 3.55. The van der Waals surface area contributed by atoms with Crippen molar-refractivity contribution in [2.24, 2.45) is 0 Å². The molecule has 2 rings (SSSR count). The van der Waals surface area contributed by atoms with Gasteiger partial charge in [0.2, 0.25) is 0 Å². The highest BCUT2D eigenvalue weighted by molar-refractivity contribution is 7.92. The van der Waals surface area contributed by atoms with Crippen LogP contribution in [0.1, 0.15) is 0 Å². The van der Waals surface area contributed by atoms with E-state index in [0.717, 1.165) is 0 Å². The van der Waals surface area contributed by atoms with Gasteiger partial charge in [0.1, 0.15) is 10.6 Å². The number of benzene rings is 2. The van der Waals surface area contributed by atoms with Crippen LogP contribution in [0.25, 0.3) is 0 Å². The molecule has 0 saturated heterocycles. The second kappa shape index (κ2) is 6.01. The van der Waals surface area contributed by atoms with Crippen molar-refractivity contribution in [1.82, 2.24) is 0 Å². The molecule has 0 bridgehead atoms. The minimum Gasteiger partial charge on any atom is -0.495 e. The molecule has 0 aliphatic rings. The summed E-state index contributed by atoms with van der Waals surface area (Å²) < 4.78 is 32.3. The van der Waals surface area contributed by atoms with E-state index in [2.05, 4.69) is 4.72 Å². The number of methoxy groups -OCH3 is 1. The van der Waals surface area contributed by atoms with Crippen molar-refractivity contribution in [2.45, 2.75) is 4.90 Å². The molecule has 0 unspecified atom stereocenters. The first-order valence-electron chi connectivity index (χ1n) is 5.75. The van der Waals surface area contributed by atoms with E-state index in [0.29, 0.717) is 5.69 Å². The number of nitrogens with two attached hydrogens (primary N) is 1. The molecule has 21 heavy (non-hydrogen) atoms. The van der Waals surface area contributed by atoms with Crippen molar-refractivity contribution in [2.75, 3.05) is 17.6 Å². The van der Waals surface area contributed by atoms with Gasteiger partial charge in [-0.25, -0.2) is 8.42 Å². The molecule has 0 heterocycles. The van der Waals surface area contributed by atoms with E-state index in [1.54, 1.807) is 6.07 Å². The second-order valence-electron chi connectivity index (χ2n) is 4.11. The molecule has 2 aromatic carbocycles. The van der Waals surface area contributed by atoms with Gasteiger partial charge >= 0.3 is 0 Å². The van der Waals surface area contributed by atoms with Crippen LogP contribution < -0.4 is 15.2 Å². The Balaban J connectivity index is 2.49. The van der Waals surface area contributed by atoms with Gasteiger partial charge < -0.3 is 10.5 Å². The Morgan fingerprint density at radius 3 is 2.33 bits per heavy atom. The Morgan fingerprint density at radius 1 is 1.14 bits per heavy atom. The quantitative estimate of drug-likeness (QED) is 0.831. The zero-order chi connectivity index (χ0) is 15.6. The van der Waals surface area contributed by atoms with Crippen molar-refractivity contribution in [3.8, 4) is 5.75 Å². The van der Waals surface area contributed by atoms with Gasteiger partial charge in [0.15, 0.2) is 0 Å². The monoisotopic (exact) mass is 346 g/mol. The third-order valence-corrected chi connectivity index (χ3v) is 4.70. The zero-order valence-electron chi connectivity index (χ0n) is 10.9. The number of hydrogen-bond donors (Lipinski definition) is 2. The largest absolute Gasteiger partial charge is 0.495 e. The summed E-state index contributed by atoms with van der Waals surface area (Å²) in [6.45, 7) is 0. The smallest absolute Gasteiger partial charge is 0.265 e. The van der Waals surface area contributed by atoms with Crippen LogP contribution in [0.2, 0.25) is 10.0 Å². The maximum atomic E-state index is 12.4. The van der Waals surface area contributed by atoms with Crippen molar-refractivity contribution in [3.05, 3.63) is 46.4 Å². The first-order chi connectivity index (χ1) is 9.85. The Labute approximate surface area is 132 Å². The summed E-state index contributed by atoms with van der Waals surface area (Å²) in [4.78, 5) is -0.0600. The fraction of sp³-hybridized carbons (Fsp3) is 0.0769. The highest BCUT2D eigenvalue weighted by atomic mass is 35.5. The van der Waals surface area contributed by atoms with Crippen LogP contribution in [0.5, 0.6) is 5.75 Å². The molecule has 3 N–H and O–H groups in total. The number of ether oxygens (including phenoxy) is 1. The molecule has 0 aromatic heterocycles. The van der Waals surface area contributed by atoms with E-state index in [1.807, 2.05) is 0 Å². The van der Waals surface area contributed by atoms with E-state index in [9.17, 15) is 8.42 Å². The summed E-state index contributed by atoms with van der Waals surface area (Å²) in [5, 5.41) is 0.390. The van der Waals surface area contributed by atoms with Gasteiger partial charge in [-0.05, 0) is 24.3 Å². The lowest BCUT2D eigenvalue weighted by Gasteiger charge is -2.13. The maximum Gasteiger partial charge on any atom is 0.265 e. The van der Waals surface area contributed by atoms with Crippen LogP contribution in [-0.2, 0) is 10.0 Å². The third-order valence-electron chi connectivity index (χ3n) is 2.68. The van der Waals surface area contributed by atoms with Crippen LogP contribution in [0.15, 0.2) is 41.3 Å². The van der Waals surface area contributed by atoms with Gasteiger partial charge in [0.25, 0.3) is 10.0 Å². The average molecular weight is 347 g/mol. The Bertz CT molecular complexity index is 759. The molecule has 0 aliphatic carbocycles. The summed E-state index contributed by atoms with van der Waals surface area (Å²) in [6.07, 6.45) is 0. The topological polar surface area (TPSA) is 81.4 Å². The zero-order valence-corrected chi connectivity index (χ0v) is 13.3.